The van der Waals surface area contributed by atoms with E-state index >= 15 is 0 Å². The van der Waals surface area contributed by atoms with Crippen LogP contribution in [0.5, 0.6) is 0 Å². The van der Waals surface area contributed by atoms with Gasteiger partial charge in [-0.15, -0.1) is 0 Å². The molecule has 0 saturated heterocycles. The molecule has 4 heteroatoms. The van der Waals surface area contributed by atoms with Gasteiger partial charge in [-0.05, 0) is 44.6 Å². The molecule has 0 heterocycles. The summed E-state index contributed by atoms with van der Waals surface area (Å²) in [7, 11) is 1.88. The van der Waals surface area contributed by atoms with Crippen molar-refractivity contribution in [1.29, 1.82) is 0 Å². The summed E-state index contributed by atoms with van der Waals surface area (Å²) in [5, 5.41) is 3.27. The number of amides is 1. The number of primary amides is 1. The van der Waals surface area contributed by atoms with Crippen molar-refractivity contribution in [3.63, 3.8) is 0 Å². The van der Waals surface area contributed by atoms with Gasteiger partial charge in [0.2, 0.25) is 5.91 Å². The molecule has 0 spiro atoms. The van der Waals surface area contributed by atoms with Crippen LogP contribution in [-0.4, -0.2) is 42.5 Å². The van der Waals surface area contributed by atoms with Gasteiger partial charge in [-0.25, -0.2) is 0 Å². The summed E-state index contributed by atoms with van der Waals surface area (Å²) >= 11 is 0. The topological polar surface area (TPSA) is 58.4 Å². The van der Waals surface area contributed by atoms with E-state index in [1.165, 1.54) is 0 Å². The molecule has 0 bridgehead atoms. The maximum absolute atomic E-state index is 12.1. The molecule has 1 aliphatic rings. The van der Waals surface area contributed by atoms with Crippen molar-refractivity contribution in [3.05, 3.63) is 0 Å². The minimum absolute atomic E-state index is 0.192. The summed E-state index contributed by atoms with van der Waals surface area (Å²) in [5.41, 5.74) is 5.21. The number of hydrogen-bond donors (Lipinski definition) is 2. The van der Waals surface area contributed by atoms with E-state index in [1.807, 2.05) is 7.05 Å². The Labute approximate surface area is 124 Å². The first-order valence-corrected chi connectivity index (χ1v) is 8.14. The highest BCUT2D eigenvalue weighted by molar-refractivity contribution is 5.86. The van der Waals surface area contributed by atoms with Crippen molar-refractivity contribution in [1.82, 2.24) is 10.2 Å². The Morgan fingerprint density at radius 3 is 2.20 bits per heavy atom. The maximum Gasteiger partial charge on any atom is 0.239 e. The van der Waals surface area contributed by atoms with E-state index < -0.39 is 5.54 Å². The lowest BCUT2D eigenvalue weighted by molar-refractivity contribution is -0.126. The zero-order valence-electron chi connectivity index (χ0n) is 13.9. The molecule has 0 aromatic carbocycles. The zero-order valence-corrected chi connectivity index (χ0v) is 13.9. The number of carbonyl (C=O) groups excluding carboxylic acids is 1. The molecule has 118 valence electrons. The Bertz CT molecular complexity index is 311. The lowest BCUT2D eigenvalue weighted by atomic mass is 9.90. The van der Waals surface area contributed by atoms with Gasteiger partial charge in [-0.3, -0.25) is 9.69 Å². The summed E-state index contributed by atoms with van der Waals surface area (Å²) in [5.74, 6) is 0.813. The summed E-state index contributed by atoms with van der Waals surface area (Å²) in [4.78, 5) is 14.6. The largest absolute Gasteiger partial charge is 0.368 e. The van der Waals surface area contributed by atoms with E-state index in [0.29, 0.717) is 17.9 Å². The normalized spacial score (nSPS) is 18.8. The van der Waals surface area contributed by atoms with E-state index in [0.717, 1.165) is 38.8 Å². The van der Waals surface area contributed by atoms with E-state index in [9.17, 15) is 4.79 Å². The van der Waals surface area contributed by atoms with E-state index in [1.54, 1.807) is 0 Å². The predicted molar refractivity (Wildman–Crippen MR) is 84.5 cm³/mol. The fraction of sp³-hybridized carbons (Fsp3) is 0.938. The first kappa shape index (κ1) is 17.4. The van der Waals surface area contributed by atoms with Crippen LogP contribution in [-0.2, 0) is 4.79 Å². The molecule has 0 aliphatic heterocycles. The number of nitrogens with two attached hydrogens (primary N) is 1. The van der Waals surface area contributed by atoms with Crippen LogP contribution in [0.4, 0.5) is 0 Å². The lowest BCUT2D eigenvalue weighted by Crippen LogP contribution is -2.63. The number of hydrogen-bond acceptors (Lipinski definition) is 3. The molecule has 1 unspecified atom stereocenters. The fourth-order valence-electron chi connectivity index (χ4n) is 3.33. The average molecular weight is 283 g/mol. The molecule has 4 nitrogen and oxygen atoms in total. The maximum atomic E-state index is 12.1. The highest BCUT2D eigenvalue weighted by Gasteiger charge is 2.50. The molecule has 0 aromatic heterocycles. The van der Waals surface area contributed by atoms with Gasteiger partial charge in [0.1, 0.15) is 5.54 Å². The molecule has 1 aliphatic carbocycles. The van der Waals surface area contributed by atoms with Gasteiger partial charge in [0, 0.05) is 19.1 Å². The van der Waals surface area contributed by atoms with Crippen molar-refractivity contribution in [2.75, 3.05) is 20.1 Å². The second-order valence-corrected chi connectivity index (χ2v) is 6.65. The van der Waals surface area contributed by atoms with Gasteiger partial charge in [0.25, 0.3) is 0 Å². The number of carbonyl (C=O) groups is 1. The fourth-order valence-corrected chi connectivity index (χ4v) is 3.33. The van der Waals surface area contributed by atoms with Crippen LogP contribution in [0.1, 0.15) is 53.4 Å². The van der Waals surface area contributed by atoms with Gasteiger partial charge in [-0.2, -0.15) is 0 Å². The smallest absolute Gasteiger partial charge is 0.239 e. The average Bonchev–Trinajstić information content (AvgIpc) is 3.20. The van der Waals surface area contributed by atoms with Crippen molar-refractivity contribution in [3.8, 4) is 0 Å². The minimum atomic E-state index is -0.544. The SMILES string of the molecule is CCC(CC)N(CC(C)C)CC(NC)(C(N)=O)C1CC1. The van der Waals surface area contributed by atoms with Gasteiger partial charge < -0.3 is 11.1 Å². The van der Waals surface area contributed by atoms with Crippen LogP contribution < -0.4 is 11.1 Å². The summed E-state index contributed by atoms with van der Waals surface area (Å²) in [6, 6.07) is 0.531. The van der Waals surface area contributed by atoms with Crippen molar-refractivity contribution in [2.45, 2.75) is 65.0 Å². The highest BCUT2D eigenvalue weighted by atomic mass is 16.1. The molecule has 1 atom stereocenters. The number of nitrogens with one attached hydrogen (secondary N) is 1. The first-order valence-electron chi connectivity index (χ1n) is 8.14. The van der Waals surface area contributed by atoms with Crippen molar-refractivity contribution >= 4 is 5.91 Å². The Kier molecular flexibility index (Phi) is 6.46. The Hall–Kier alpha value is -0.610. The van der Waals surface area contributed by atoms with Crippen LogP contribution in [0.3, 0.4) is 0 Å². The van der Waals surface area contributed by atoms with Gasteiger partial charge in [0.15, 0.2) is 0 Å². The van der Waals surface area contributed by atoms with Gasteiger partial charge in [-0.1, -0.05) is 27.7 Å². The van der Waals surface area contributed by atoms with Crippen LogP contribution in [0, 0.1) is 11.8 Å². The molecule has 3 N–H and O–H groups in total. The molecule has 1 rings (SSSR count). The first-order chi connectivity index (χ1) is 9.41. The molecule has 0 aromatic rings. The lowest BCUT2D eigenvalue weighted by Gasteiger charge is -2.40. The molecule has 1 saturated carbocycles. The molecule has 0 radical (unpaired) electrons. The zero-order chi connectivity index (χ0) is 15.3. The number of likely N-dealkylation sites (N-methyl/N-ethyl adjacent to an activating group) is 1. The third kappa shape index (κ3) is 3.95. The Morgan fingerprint density at radius 1 is 1.35 bits per heavy atom. The summed E-state index contributed by atoms with van der Waals surface area (Å²) < 4.78 is 0. The Balaban J connectivity index is 2.91. The monoisotopic (exact) mass is 283 g/mol. The standard InChI is InChI=1S/C16H33N3O/c1-6-14(7-2)19(10-12(3)4)11-16(18-5,15(17)20)13-8-9-13/h12-14,18H,6-11H2,1-5H3,(H2,17,20). The molecule has 1 fully saturated rings. The van der Waals surface area contributed by atoms with Crippen LogP contribution in [0.15, 0.2) is 0 Å². The second-order valence-electron chi connectivity index (χ2n) is 6.65. The Morgan fingerprint density at radius 2 is 1.90 bits per heavy atom. The van der Waals surface area contributed by atoms with Crippen LogP contribution >= 0.6 is 0 Å². The molecule has 20 heavy (non-hydrogen) atoms. The molecule has 1 amide bonds. The van der Waals surface area contributed by atoms with E-state index in [2.05, 4.69) is 37.9 Å². The number of nitrogens with zero attached hydrogens (tertiary/aromatic N) is 1. The van der Waals surface area contributed by atoms with E-state index in [-0.39, 0.29) is 5.91 Å². The van der Waals surface area contributed by atoms with Crippen molar-refractivity contribution < 1.29 is 4.79 Å². The van der Waals surface area contributed by atoms with Crippen LogP contribution in [0.25, 0.3) is 0 Å². The van der Waals surface area contributed by atoms with Gasteiger partial charge in [0.05, 0.1) is 0 Å². The molecular weight excluding hydrogens is 250 g/mol. The van der Waals surface area contributed by atoms with Crippen LogP contribution in [0.2, 0.25) is 0 Å². The quantitative estimate of drug-likeness (QED) is 0.644. The second kappa shape index (κ2) is 7.41. The number of rotatable bonds is 10. The van der Waals surface area contributed by atoms with Crippen molar-refractivity contribution in [2.24, 2.45) is 17.6 Å². The predicted octanol–water partition coefficient (Wildman–Crippen LogP) is 1.99. The molecular formula is C16H33N3O. The summed E-state index contributed by atoms with van der Waals surface area (Å²) in [6.07, 6.45) is 4.46. The highest BCUT2D eigenvalue weighted by Crippen LogP contribution is 2.40. The van der Waals surface area contributed by atoms with Gasteiger partial charge >= 0.3 is 0 Å². The summed E-state index contributed by atoms with van der Waals surface area (Å²) in [6.45, 7) is 10.7. The minimum Gasteiger partial charge on any atom is -0.368 e. The van der Waals surface area contributed by atoms with E-state index in [4.69, 9.17) is 5.73 Å². The third-order valence-electron chi connectivity index (χ3n) is 4.67. The third-order valence-corrected chi connectivity index (χ3v) is 4.67.